The van der Waals surface area contributed by atoms with Crippen LogP contribution in [0.4, 0.5) is 0 Å². The van der Waals surface area contributed by atoms with Gasteiger partial charge >= 0.3 is 0 Å². The number of carbonyl (C=O) groups is 1. The largest absolute Gasteiger partial charge is 0.349 e. The Morgan fingerprint density at radius 1 is 1.62 bits per heavy atom. The van der Waals surface area contributed by atoms with Crippen molar-refractivity contribution in [2.24, 2.45) is 5.73 Å². The third-order valence-corrected chi connectivity index (χ3v) is 3.23. The first kappa shape index (κ1) is 11.1. The van der Waals surface area contributed by atoms with Crippen LogP contribution in [0.15, 0.2) is 18.3 Å². The molecule has 4 heteroatoms. The number of hydrogen-bond donors (Lipinski definition) is 2. The molecule has 1 fully saturated rings. The van der Waals surface area contributed by atoms with Crippen LogP contribution in [0, 0.1) is 6.92 Å². The molecule has 1 aliphatic carbocycles. The molecule has 2 rings (SSSR count). The lowest BCUT2D eigenvalue weighted by molar-refractivity contribution is -0.129. The molecule has 1 aromatic rings. The van der Waals surface area contributed by atoms with Gasteiger partial charge in [-0.05, 0) is 37.8 Å². The van der Waals surface area contributed by atoms with Crippen molar-refractivity contribution in [3.8, 4) is 0 Å². The van der Waals surface area contributed by atoms with Crippen LogP contribution in [0.1, 0.15) is 30.5 Å². The molecular formula is C12H17N3O. The van der Waals surface area contributed by atoms with Gasteiger partial charge in [0.05, 0.1) is 17.8 Å². The highest BCUT2D eigenvalue weighted by atomic mass is 16.2. The summed E-state index contributed by atoms with van der Waals surface area (Å²) in [6.07, 6.45) is 4.36. The van der Waals surface area contributed by atoms with E-state index >= 15 is 0 Å². The highest BCUT2D eigenvalue weighted by Gasteiger charge is 2.39. The van der Waals surface area contributed by atoms with Gasteiger partial charge in [0.1, 0.15) is 0 Å². The molecule has 86 valence electrons. The Labute approximate surface area is 95.3 Å². The molecule has 0 aromatic carbocycles. The summed E-state index contributed by atoms with van der Waals surface area (Å²) in [5.41, 5.74) is 7.28. The fourth-order valence-electron chi connectivity index (χ4n) is 1.83. The first-order valence-electron chi connectivity index (χ1n) is 5.59. The van der Waals surface area contributed by atoms with E-state index in [9.17, 15) is 4.79 Å². The zero-order chi connectivity index (χ0) is 11.6. The number of pyridine rings is 1. The first-order valence-corrected chi connectivity index (χ1v) is 5.59. The van der Waals surface area contributed by atoms with Crippen LogP contribution in [0.25, 0.3) is 0 Å². The number of nitrogens with one attached hydrogen (secondary N) is 1. The Hall–Kier alpha value is -1.42. The van der Waals surface area contributed by atoms with Gasteiger partial charge in [-0.15, -0.1) is 0 Å². The van der Waals surface area contributed by atoms with E-state index in [0.717, 1.165) is 30.5 Å². The van der Waals surface area contributed by atoms with Crippen molar-refractivity contribution in [1.82, 2.24) is 10.3 Å². The van der Waals surface area contributed by atoms with Crippen LogP contribution in [0.2, 0.25) is 0 Å². The van der Waals surface area contributed by atoms with E-state index in [2.05, 4.69) is 10.3 Å². The van der Waals surface area contributed by atoms with Gasteiger partial charge in [-0.25, -0.2) is 0 Å². The predicted molar refractivity (Wildman–Crippen MR) is 61.6 cm³/mol. The molecule has 16 heavy (non-hydrogen) atoms. The molecular weight excluding hydrogens is 202 g/mol. The second-order valence-electron chi connectivity index (χ2n) is 4.46. The Morgan fingerprint density at radius 2 is 2.38 bits per heavy atom. The van der Waals surface area contributed by atoms with E-state index in [0.29, 0.717) is 6.54 Å². The fraction of sp³-hybridized carbons (Fsp3) is 0.500. The monoisotopic (exact) mass is 219 g/mol. The van der Waals surface area contributed by atoms with Crippen LogP contribution in [-0.2, 0) is 11.3 Å². The van der Waals surface area contributed by atoms with Gasteiger partial charge in [0, 0.05) is 6.20 Å². The van der Waals surface area contributed by atoms with Gasteiger partial charge in [0.25, 0.3) is 0 Å². The van der Waals surface area contributed by atoms with E-state index in [4.69, 9.17) is 5.73 Å². The molecule has 0 radical (unpaired) electrons. The summed E-state index contributed by atoms with van der Waals surface area (Å²) >= 11 is 0. The van der Waals surface area contributed by atoms with Gasteiger partial charge in [-0.3, -0.25) is 9.78 Å². The maximum atomic E-state index is 11.8. The quantitative estimate of drug-likeness (QED) is 0.793. The normalized spacial score (nSPS) is 17.6. The standard InChI is InChI=1S/C12H17N3O/c1-9-4-2-7-14-10(9)8-15-11(16)12(13)5-3-6-12/h2,4,7H,3,5-6,8,13H2,1H3,(H,15,16). The molecule has 0 aliphatic heterocycles. The minimum absolute atomic E-state index is 0.0520. The highest BCUT2D eigenvalue weighted by Crippen LogP contribution is 2.29. The number of hydrogen-bond acceptors (Lipinski definition) is 3. The lowest BCUT2D eigenvalue weighted by Crippen LogP contribution is -2.58. The summed E-state index contributed by atoms with van der Waals surface area (Å²) in [4.78, 5) is 16.0. The highest BCUT2D eigenvalue weighted by molar-refractivity contribution is 5.86. The number of amides is 1. The van der Waals surface area contributed by atoms with Gasteiger partial charge in [0.2, 0.25) is 5.91 Å². The van der Waals surface area contributed by atoms with E-state index in [-0.39, 0.29) is 5.91 Å². The van der Waals surface area contributed by atoms with Crippen LogP contribution in [0.3, 0.4) is 0 Å². The molecule has 1 heterocycles. The number of nitrogens with two attached hydrogens (primary N) is 1. The number of rotatable bonds is 3. The molecule has 0 saturated heterocycles. The fourth-order valence-corrected chi connectivity index (χ4v) is 1.83. The summed E-state index contributed by atoms with van der Waals surface area (Å²) < 4.78 is 0. The molecule has 3 N–H and O–H groups in total. The predicted octanol–water partition coefficient (Wildman–Crippen LogP) is 0.888. The van der Waals surface area contributed by atoms with Crippen LogP contribution < -0.4 is 11.1 Å². The molecule has 1 saturated carbocycles. The average Bonchev–Trinajstić information content (AvgIpc) is 2.24. The van der Waals surface area contributed by atoms with E-state index in [1.807, 2.05) is 19.1 Å². The first-order chi connectivity index (χ1) is 7.62. The third-order valence-electron chi connectivity index (χ3n) is 3.23. The Bertz CT molecular complexity index is 399. The second kappa shape index (κ2) is 4.22. The summed E-state index contributed by atoms with van der Waals surface area (Å²) in [5, 5.41) is 2.86. The zero-order valence-electron chi connectivity index (χ0n) is 9.49. The maximum absolute atomic E-state index is 11.8. The minimum atomic E-state index is -0.622. The summed E-state index contributed by atoms with van der Waals surface area (Å²) in [6, 6.07) is 3.87. The van der Waals surface area contributed by atoms with Crippen molar-refractivity contribution < 1.29 is 4.79 Å². The van der Waals surface area contributed by atoms with E-state index in [1.54, 1.807) is 6.20 Å². The number of aryl methyl sites for hydroxylation is 1. The molecule has 1 aromatic heterocycles. The molecule has 0 unspecified atom stereocenters. The van der Waals surface area contributed by atoms with Crippen molar-refractivity contribution >= 4 is 5.91 Å². The SMILES string of the molecule is Cc1cccnc1CNC(=O)C1(N)CCC1. The summed E-state index contributed by atoms with van der Waals surface area (Å²) in [5.74, 6) is -0.0520. The Kier molecular flexibility index (Phi) is 2.92. The van der Waals surface area contributed by atoms with Crippen LogP contribution in [0.5, 0.6) is 0 Å². The van der Waals surface area contributed by atoms with Crippen molar-refractivity contribution in [2.45, 2.75) is 38.3 Å². The average molecular weight is 219 g/mol. The minimum Gasteiger partial charge on any atom is -0.349 e. The molecule has 4 nitrogen and oxygen atoms in total. The molecule has 1 amide bonds. The Morgan fingerprint density at radius 3 is 2.94 bits per heavy atom. The number of nitrogens with zero attached hydrogens (tertiary/aromatic N) is 1. The lowest BCUT2D eigenvalue weighted by atomic mass is 9.77. The molecule has 1 aliphatic rings. The van der Waals surface area contributed by atoms with E-state index in [1.165, 1.54) is 0 Å². The molecule has 0 atom stereocenters. The molecule has 0 spiro atoms. The van der Waals surface area contributed by atoms with Gasteiger partial charge in [0.15, 0.2) is 0 Å². The lowest BCUT2D eigenvalue weighted by Gasteiger charge is -2.36. The Balaban J connectivity index is 1.93. The van der Waals surface area contributed by atoms with Crippen LogP contribution >= 0.6 is 0 Å². The second-order valence-corrected chi connectivity index (χ2v) is 4.46. The summed E-state index contributed by atoms with van der Waals surface area (Å²) in [6.45, 7) is 2.44. The van der Waals surface area contributed by atoms with Crippen molar-refractivity contribution in [3.05, 3.63) is 29.6 Å². The maximum Gasteiger partial charge on any atom is 0.240 e. The van der Waals surface area contributed by atoms with Crippen molar-refractivity contribution in [2.75, 3.05) is 0 Å². The zero-order valence-corrected chi connectivity index (χ0v) is 9.49. The van der Waals surface area contributed by atoms with Gasteiger partial charge in [-0.2, -0.15) is 0 Å². The van der Waals surface area contributed by atoms with Gasteiger partial charge < -0.3 is 11.1 Å². The molecule has 0 bridgehead atoms. The number of carbonyl (C=O) groups excluding carboxylic acids is 1. The smallest absolute Gasteiger partial charge is 0.240 e. The third kappa shape index (κ3) is 2.07. The van der Waals surface area contributed by atoms with Crippen molar-refractivity contribution in [1.29, 1.82) is 0 Å². The topological polar surface area (TPSA) is 68.0 Å². The summed E-state index contributed by atoms with van der Waals surface area (Å²) in [7, 11) is 0. The van der Waals surface area contributed by atoms with Gasteiger partial charge in [-0.1, -0.05) is 6.07 Å². The number of aromatic nitrogens is 1. The van der Waals surface area contributed by atoms with Crippen molar-refractivity contribution in [3.63, 3.8) is 0 Å². The van der Waals surface area contributed by atoms with Crippen LogP contribution in [-0.4, -0.2) is 16.4 Å². The van der Waals surface area contributed by atoms with E-state index < -0.39 is 5.54 Å².